The molecule has 5 heteroatoms. The summed E-state index contributed by atoms with van der Waals surface area (Å²) < 4.78 is 25.8. The fourth-order valence-electron chi connectivity index (χ4n) is 1.97. The van der Waals surface area contributed by atoms with Crippen molar-refractivity contribution in [1.29, 1.82) is 0 Å². The third-order valence-corrected chi connectivity index (χ3v) is 6.25. The van der Waals surface area contributed by atoms with Crippen LogP contribution in [0.4, 0.5) is 0 Å². The number of sulfone groups is 1. The van der Waals surface area contributed by atoms with Crippen LogP contribution in [0.25, 0.3) is 10.2 Å². The van der Waals surface area contributed by atoms with Crippen LogP contribution in [-0.4, -0.2) is 19.2 Å². The van der Waals surface area contributed by atoms with E-state index >= 15 is 0 Å². The molecule has 0 aliphatic carbocycles. The Morgan fingerprint density at radius 1 is 0.950 bits per heavy atom. The number of rotatable bonds is 4. The van der Waals surface area contributed by atoms with E-state index in [0.717, 1.165) is 15.8 Å². The van der Waals surface area contributed by atoms with Gasteiger partial charge >= 0.3 is 0 Å². The second-order valence-corrected chi connectivity index (χ2v) is 7.82. The fraction of sp³-hybridized carbons (Fsp3) is 0.133. The minimum Gasteiger partial charge on any atom is -0.225 e. The SMILES string of the molecule is O=S(=O)(CCc1ccccc1)c1nc2ccccc2s1. The summed E-state index contributed by atoms with van der Waals surface area (Å²) in [5, 5.41) is 0. The minimum absolute atomic E-state index is 0.0941. The van der Waals surface area contributed by atoms with Gasteiger partial charge in [-0.1, -0.05) is 42.5 Å². The van der Waals surface area contributed by atoms with Gasteiger partial charge < -0.3 is 0 Å². The van der Waals surface area contributed by atoms with Crippen LogP contribution in [0.5, 0.6) is 0 Å². The fourth-order valence-corrected chi connectivity index (χ4v) is 4.61. The molecule has 0 fully saturated rings. The van der Waals surface area contributed by atoms with Gasteiger partial charge in [-0.25, -0.2) is 13.4 Å². The van der Waals surface area contributed by atoms with Crippen molar-refractivity contribution < 1.29 is 8.42 Å². The second-order valence-electron chi connectivity index (χ2n) is 4.50. The number of aromatic nitrogens is 1. The molecule has 3 rings (SSSR count). The molecule has 0 spiro atoms. The molecule has 0 N–H and O–H groups in total. The molecule has 3 aromatic rings. The van der Waals surface area contributed by atoms with Gasteiger partial charge in [0.25, 0.3) is 0 Å². The lowest BCUT2D eigenvalue weighted by molar-refractivity contribution is 0.595. The highest BCUT2D eigenvalue weighted by atomic mass is 32.2. The third-order valence-electron chi connectivity index (χ3n) is 3.04. The van der Waals surface area contributed by atoms with Crippen molar-refractivity contribution in [3.63, 3.8) is 0 Å². The molecule has 0 unspecified atom stereocenters. The predicted octanol–water partition coefficient (Wildman–Crippen LogP) is 3.31. The lowest BCUT2D eigenvalue weighted by Gasteiger charge is -2.01. The Hall–Kier alpha value is -1.72. The Labute approximate surface area is 121 Å². The van der Waals surface area contributed by atoms with Crippen LogP contribution in [0.2, 0.25) is 0 Å². The maximum Gasteiger partial charge on any atom is 0.210 e. The van der Waals surface area contributed by atoms with Gasteiger partial charge in [0, 0.05) is 0 Å². The molecule has 102 valence electrons. The van der Waals surface area contributed by atoms with Gasteiger partial charge in [-0.15, -0.1) is 11.3 Å². The first-order valence-electron chi connectivity index (χ1n) is 6.27. The first-order valence-corrected chi connectivity index (χ1v) is 8.74. The largest absolute Gasteiger partial charge is 0.225 e. The van der Waals surface area contributed by atoms with Crippen molar-refractivity contribution in [1.82, 2.24) is 4.98 Å². The van der Waals surface area contributed by atoms with Crippen molar-refractivity contribution in [3.05, 3.63) is 60.2 Å². The van der Waals surface area contributed by atoms with Crippen molar-refractivity contribution in [2.75, 3.05) is 5.75 Å². The zero-order valence-electron chi connectivity index (χ0n) is 10.7. The third kappa shape index (κ3) is 2.73. The van der Waals surface area contributed by atoms with Crippen LogP contribution in [0.1, 0.15) is 5.56 Å². The van der Waals surface area contributed by atoms with E-state index in [-0.39, 0.29) is 10.1 Å². The molecule has 0 atom stereocenters. The number of aryl methyl sites for hydroxylation is 1. The molecule has 0 aliphatic heterocycles. The van der Waals surface area contributed by atoms with E-state index in [2.05, 4.69) is 4.98 Å². The van der Waals surface area contributed by atoms with Crippen LogP contribution in [0.3, 0.4) is 0 Å². The molecule has 1 heterocycles. The van der Waals surface area contributed by atoms with Crippen molar-refractivity contribution in [2.45, 2.75) is 10.8 Å². The monoisotopic (exact) mass is 303 g/mol. The summed E-state index contributed by atoms with van der Waals surface area (Å²) in [7, 11) is -3.31. The summed E-state index contributed by atoms with van der Waals surface area (Å²) in [4.78, 5) is 4.23. The Morgan fingerprint density at radius 2 is 1.65 bits per heavy atom. The van der Waals surface area contributed by atoms with Crippen LogP contribution in [0.15, 0.2) is 58.9 Å². The molecule has 0 saturated heterocycles. The molecule has 3 nitrogen and oxygen atoms in total. The first-order chi connectivity index (χ1) is 9.65. The molecular formula is C15H13NO2S2. The molecule has 0 amide bonds. The highest BCUT2D eigenvalue weighted by molar-refractivity contribution is 7.93. The highest BCUT2D eigenvalue weighted by Gasteiger charge is 2.19. The van der Waals surface area contributed by atoms with E-state index in [1.165, 1.54) is 11.3 Å². The maximum atomic E-state index is 12.3. The van der Waals surface area contributed by atoms with Gasteiger partial charge in [-0.2, -0.15) is 0 Å². The van der Waals surface area contributed by atoms with Gasteiger partial charge in [-0.05, 0) is 24.1 Å². The molecule has 0 radical (unpaired) electrons. The summed E-state index contributed by atoms with van der Waals surface area (Å²) in [5.74, 6) is 0.0941. The summed E-state index contributed by atoms with van der Waals surface area (Å²) in [5.41, 5.74) is 1.77. The Balaban J connectivity index is 1.84. The average Bonchev–Trinajstić information content (AvgIpc) is 2.91. The van der Waals surface area contributed by atoms with E-state index in [0.29, 0.717) is 6.42 Å². The van der Waals surface area contributed by atoms with Gasteiger partial charge in [-0.3, -0.25) is 0 Å². The van der Waals surface area contributed by atoms with E-state index in [1.807, 2.05) is 54.6 Å². The van der Waals surface area contributed by atoms with Crippen molar-refractivity contribution >= 4 is 31.4 Å². The zero-order chi connectivity index (χ0) is 14.0. The summed E-state index contributed by atoms with van der Waals surface area (Å²) in [6, 6.07) is 17.1. The summed E-state index contributed by atoms with van der Waals surface area (Å²) in [6.45, 7) is 0. The standard InChI is InChI=1S/C15H13NO2S2/c17-20(18,11-10-12-6-2-1-3-7-12)15-16-13-8-4-5-9-14(13)19-15/h1-9H,10-11H2. The molecule has 0 aliphatic rings. The van der Waals surface area contributed by atoms with Crippen molar-refractivity contribution in [2.24, 2.45) is 0 Å². The van der Waals surface area contributed by atoms with E-state index in [1.54, 1.807) is 0 Å². The van der Waals surface area contributed by atoms with Crippen molar-refractivity contribution in [3.8, 4) is 0 Å². The minimum atomic E-state index is -3.31. The van der Waals surface area contributed by atoms with Crippen LogP contribution >= 0.6 is 11.3 Å². The summed E-state index contributed by atoms with van der Waals surface area (Å²) in [6.07, 6.45) is 0.513. The topological polar surface area (TPSA) is 47.0 Å². The molecular weight excluding hydrogens is 290 g/mol. The number of nitrogens with zero attached hydrogens (tertiary/aromatic N) is 1. The number of thiazole rings is 1. The smallest absolute Gasteiger partial charge is 0.210 e. The second kappa shape index (κ2) is 5.34. The summed E-state index contributed by atoms with van der Waals surface area (Å²) >= 11 is 1.24. The molecule has 20 heavy (non-hydrogen) atoms. The van der Waals surface area contributed by atoms with Gasteiger partial charge in [0.15, 0.2) is 0 Å². The molecule has 1 aromatic heterocycles. The van der Waals surface area contributed by atoms with Crippen LogP contribution in [0, 0.1) is 0 Å². The molecule has 2 aromatic carbocycles. The predicted molar refractivity (Wildman–Crippen MR) is 81.8 cm³/mol. The Kier molecular flexibility index (Phi) is 3.54. The zero-order valence-corrected chi connectivity index (χ0v) is 12.3. The lowest BCUT2D eigenvalue weighted by Crippen LogP contribution is -2.08. The number of hydrogen-bond donors (Lipinski definition) is 0. The molecule has 0 saturated carbocycles. The van der Waals surface area contributed by atoms with Gasteiger partial charge in [0.2, 0.25) is 14.2 Å². The van der Waals surface area contributed by atoms with E-state index < -0.39 is 9.84 Å². The van der Waals surface area contributed by atoms with Crippen LogP contribution < -0.4 is 0 Å². The van der Waals surface area contributed by atoms with Gasteiger partial charge in [0.1, 0.15) is 0 Å². The molecule has 0 bridgehead atoms. The first kappa shape index (κ1) is 13.3. The normalized spacial score (nSPS) is 11.8. The van der Waals surface area contributed by atoms with E-state index in [4.69, 9.17) is 0 Å². The Morgan fingerprint density at radius 3 is 2.40 bits per heavy atom. The van der Waals surface area contributed by atoms with Gasteiger partial charge in [0.05, 0.1) is 16.0 Å². The number of hydrogen-bond acceptors (Lipinski definition) is 4. The van der Waals surface area contributed by atoms with E-state index in [9.17, 15) is 8.42 Å². The number of fused-ring (bicyclic) bond motifs is 1. The quantitative estimate of drug-likeness (QED) is 0.743. The van der Waals surface area contributed by atoms with Crippen LogP contribution in [-0.2, 0) is 16.3 Å². The highest BCUT2D eigenvalue weighted by Crippen LogP contribution is 2.26. The maximum absolute atomic E-state index is 12.3. The number of benzene rings is 2. The Bertz CT molecular complexity index is 790. The lowest BCUT2D eigenvalue weighted by atomic mass is 10.2. The average molecular weight is 303 g/mol. The number of para-hydroxylation sites is 1.